The summed E-state index contributed by atoms with van der Waals surface area (Å²) in [5.74, 6) is 0.447. The van der Waals surface area contributed by atoms with Crippen molar-refractivity contribution < 1.29 is 14.3 Å². The zero-order valence-corrected chi connectivity index (χ0v) is 21.4. The van der Waals surface area contributed by atoms with Gasteiger partial charge in [-0.1, -0.05) is 36.4 Å². The van der Waals surface area contributed by atoms with E-state index in [1.54, 1.807) is 11.3 Å². The van der Waals surface area contributed by atoms with Gasteiger partial charge in [-0.05, 0) is 69.7 Å². The Bertz CT molecular complexity index is 1160. The second-order valence-corrected chi connectivity index (χ2v) is 11.1. The molecule has 0 bridgehead atoms. The minimum absolute atomic E-state index is 0.0129. The van der Waals surface area contributed by atoms with Crippen LogP contribution in [-0.4, -0.2) is 39.5 Å². The molecule has 7 nitrogen and oxygen atoms in total. The summed E-state index contributed by atoms with van der Waals surface area (Å²) in [5.41, 5.74) is 1.51. The molecule has 1 saturated carbocycles. The summed E-state index contributed by atoms with van der Waals surface area (Å²) in [6, 6.07) is 13.8. The molecule has 186 valence electrons. The van der Waals surface area contributed by atoms with Gasteiger partial charge < -0.3 is 9.47 Å². The molecule has 0 radical (unpaired) electrons. The standard InChI is InChI=1S/C27H33N3O4S/c1-27(2,3)34-23(31)18-33-17-20-13-11-19(12-14-20)16-30-26(32)28-25(22-10-7-15-35-22)24(29-30)21-8-5-4-6-9-21/h4-10,15,19-20H,11-14,16-18H2,1-3H3. The van der Waals surface area contributed by atoms with E-state index in [1.165, 1.54) is 4.68 Å². The highest BCUT2D eigenvalue weighted by Gasteiger charge is 2.24. The molecule has 1 fully saturated rings. The maximum absolute atomic E-state index is 12.9. The van der Waals surface area contributed by atoms with Crippen molar-refractivity contribution in [2.75, 3.05) is 13.2 Å². The van der Waals surface area contributed by atoms with Gasteiger partial charge in [0.2, 0.25) is 0 Å². The number of hydrogen-bond acceptors (Lipinski definition) is 7. The third kappa shape index (κ3) is 7.08. The second kappa shape index (κ2) is 11.3. The van der Waals surface area contributed by atoms with Crippen LogP contribution >= 0.6 is 11.3 Å². The average molecular weight is 496 g/mol. The number of aromatic nitrogens is 3. The Labute approximate surface area is 210 Å². The van der Waals surface area contributed by atoms with Crippen molar-refractivity contribution in [3.63, 3.8) is 0 Å². The van der Waals surface area contributed by atoms with Crippen LogP contribution in [0.3, 0.4) is 0 Å². The molecule has 0 unspecified atom stereocenters. The van der Waals surface area contributed by atoms with Crippen LogP contribution in [-0.2, 0) is 20.8 Å². The fourth-order valence-electron chi connectivity index (χ4n) is 4.42. The van der Waals surface area contributed by atoms with Gasteiger partial charge in [0.25, 0.3) is 0 Å². The highest BCUT2D eigenvalue weighted by molar-refractivity contribution is 7.13. The van der Waals surface area contributed by atoms with Crippen LogP contribution in [0.25, 0.3) is 21.8 Å². The number of ether oxygens (including phenoxy) is 2. The lowest BCUT2D eigenvalue weighted by atomic mass is 9.82. The second-order valence-electron chi connectivity index (χ2n) is 10.1. The highest BCUT2D eigenvalue weighted by Crippen LogP contribution is 2.32. The average Bonchev–Trinajstić information content (AvgIpc) is 3.35. The molecule has 0 atom stereocenters. The number of hydrogen-bond donors (Lipinski definition) is 0. The first-order valence-electron chi connectivity index (χ1n) is 12.2. The number of benzene rings is 1. The predicted octanol–water partition coefficient (Wildman–Crippen LogP) is 5.20. The van der Waals surface area contributed by atoms with Crippen molar-refractivity contribution in [2.24, 2.45) is 11.8 Å². The van der Waals surface area contributed by atoms with Crippen molar-refractivity contribution >= 4 is 17.3 Å². The minimum Gasteiger partial charge on any atom is -0.458 e. The summed E-state index contributed by atoms with van der Waals surface area (Å²) < 4.78 is 12.4. The fraction of sp³-hybridized carbons (Fsp3) is 0.481. The maximum atomic E-state index is 12.9. The first-order valence-corrected chi connectivity index (χ1v) is 13.0. The van der Waals surface area contributed by atoms with Crippen LogP contribution in [0.15, 0.2) is 52.6 Å². The summed E-state index contributed by atoms with van der Waals surface area (Å²) in [7, 11) is 0. The van der Waals surface area contributed by atoms with Gasteiger partial charge in [0.1, 0.15) is 23.6 Å². The van der Waals surface area contributed by atoms with E-state index in [0.717, 1.165) is 41.8 Å². The lowest BCUT2D eigenvalue weighted by molar-refractivity contribution is -0.160. The molecule has 4 rings (SSSR count). The van der Waals surface area contributed by atoms with Crippen molar-refractivity contribution in [3.8, 4) is 21.8 Å². The van der Waals surface area contributed by atoms with Crippen molar-refractivity contribution in [2.45, 2.75) is 58.6 Å². The molecule has 2 aromatic heterocycles. The number of carbonyl (C=O) groups excluding carboxylic acids is 1. The molecule has 35 heavy (non-hydrogen) atoms. The van der Waals surface area contributed by atoms with Gasteiger partial charge in [-0.15, -0.1) is 11.3 Å². The Kier molecular flexibility index (Phi) is 8.13. The van der Waals surface area contributed by atoms with E-state index in [2.05, 4.69) is 4.98 Å². The van der Waals surface area contributed by atoms with Crippen LogP contribution in [0.5, 0.6) is 0 Å². The van der Waals surface area contributed by atoms with E-state index < -0.39 is 5.60 Å². The van der Waals surface area contributed by atoms with E-state index in [1.807, 2.05) is 68.6 Å². The Morgan fingerprint density at radius 1 is 1.03 bits per heavy atom. The molecule has 0 spiro atoms. The smallest absolute Gasteiger partial charge is 0.364 e. The van der Waals surface area contributed by atoms with E-state index in [0.29, 0.717) is 30.7 Å². The van der Waals surface area contributed by atoms with Gasteiger partial charge in [-0.3, -0.25) is 0 Å². The minimum atomic E-state index is -0.498. The van der Waals surface area contributed by atoms with Crippen LogP contribution in [0.1, 0.15) is 46.5 Å². The maximum Gasteiger partial charge on any atom is 0.364 e. The monoisotopic (exact) mass is 495 g/mol. The molecule has 2 heterocycles. The molecule has 0 N–H and O–H groups in total. The molecule has 0 aliphatic heterocycles. The molecular weight excluding hydrogens is 462 g/mol. The summed E-state index contributed by atoms with van der Waals surface area (Å²) >= 11 is 1.55. The molecule has 1 aliphatic carbocycles. The topological polar surface area (TPSA) is 83.3 Å². The van der Waals surface area contributed by atoms with Crippen LogP contribution in [0, 0.1) is 11.8 Å². The molecular formula is C27H33N3O4S. The van der Waals surface area contributed by atoms with Gasteiger partial charge in [0, 0.05) is 12.1 Å². The van der Waals surface area contributed by atoms with Crippen LogP contribution in [0.4, 0.5) is 0 Å². The Morgan fingerprint density at radius 2 is 1.74 bits per heavy atom. The fourth-order valence-corrected chi connectivity index (χ4v) is 5.13. The van der Waals surface area contributed by atoms with E-state index in [-0.39, 0.29) is 18.3 Å². The third-order valence-electron chi connectivity index (χ3n) is 6.07. The van der Waals surface area contributed by atoms with Gasteiger partial charge in [0.05, 0.1) is 11.5 Å². The molecule has 1 aromatic carbocycles. The Morgan fingerprint density at radius 3 is 2.40 bits per heavy atom. The lowest BCUT2D eigenvalue weighted by Crippen LogP contribution is -2.32. The summed E-state index contributed by atoms with van der Waals surface area (Å²) in [6.07, 6.45) is 3.98. The molecule has 0 saturated heterocycles. The van der Waals surface area contributed by atoms with Crippen LogP contribution in [0.2, 0.25) is 0 Å². The highest BCUT2D eigenvalue weighted by atomic mass is 32.1. The van der Waals surface area contributed by atoms with E-state index >= 15 is 0 Å². The van der Waals surface area contributed by atoms with Gasteiger partial charge >= 0.3 is 11.7 Å². The molecule has 1 aliphatic rings. The number of thiophene rings is 1. The zero-order chi connectivity index (χ0) is 24.8. The number of esters is 1. The number of nitrogens with zero attached hydrogens (tertiary/aromatic N) is 3. The van der Waals surface area contributed by atoms with Crippen molar-refractivity contribution in [1.29, 1.82) is 0 Å². The van der Waals surface area contributed by atoms with Crippen LogP contribution < -0.4 is 5.69 Å². The summed E-state index contributed by atoms with van der Waals surface area (Å²) in [4.78, 5) is 30.1. The van der Waals surface area contributed by atoms with Crippen molar-refractivity contribution in [1.82, 2.24) is 14.8 Å². The quantitative estimate of drug-likeness (QED) is 0.400. The Balaban J connectivity index is 1.37. The zero-order valence-electron chi connectivity index (χ0n) is 20.6. The normalized spacial score (nSPS) is 18.4. The predicted molar refractivity (Wildman–Crippen MR) is 137 cm³/mol. The van der Waals surface area contributed by atoms with E-state index in [4.69, 9.17) is 14.6 Å². The molecule has 8 heteroatoms. The first kappa shape index (κ1) is 25.3. The first-order chi connectivity index (χ1) is 16.8. The summed E-state index contributed by atoms with van der Waals surface area (Å²) in [6.45, 7) is 6.64. The molecule has 3 aromatic rings. The number of carbonyl (C=O) groups is 1. The molecule has 0 amide bonds. The SMILES string of the molecule is CC(C)(C)OC(=O)COCC1CCC(Cn2nc(-c3ccccc3)c(-c3cccs3)nc2=O)CC1. The van der Waals surface area contributed by atoms with E-state index in [9.17, 15) is 9.59 Å². The third-order valence-corrected chi connectivity index (χ3v) is 6.94. The van der Waals surface area contributed by atoms with Crippen molar-refractivity contribution in [3.05, 3.63) is 58.3 Å². The van der Waals surface area contributed by atoms with Gasteiger partial charge in [-0.2, -0.15) is 10.1 Å². The van der Waals surface area contributed by atoms with Gasteiger partial charge in [-0.25, -0.2) is 14.3 Å². The van der Waals surface area contributed by atoms with Gasteiger partial charge in [0.15, 0.2) is 0 Å². The Hall–Kier alpha value is -2.84. The number of rotatable bonds is 8. The largest absolute Gasteiger partial charge is 0.458 e. The lowest BCUT2D eigenvalue weighted by Gasteiger charge is -2.28. The summed E-state index contributed by atoms with van der Waals surface area (Å²) in [5, 5.41) is 6.76.